The normalized spacial score (nSPS) is 17.9. The fourth-order valence-corrected chi connectivity index (χ4v) is 2.72. The van der Waals surface area contributed by atoms with Gasteiger partial charge in [0.25, 0.3) is 0 Å². The highest BCUT2D eigenvalue weighted by molar-refractivity contribution is 5.72. The van der Waals surface area contributed by atoms with Crippen molar-refractivity contribution in [1.29, 1.82) is 0 Å². The van der Waals surface area contributed by atoms with Gasteiger partial charge in [0.2, 0.25) is 0 Å². The van der Waals surface area contributed by atoms with Gasteiger partial charge in [0, 0.05) is 26.2 Å². The minimum atomic E-state index is -0.380. The molecule has 1 aliphatic rings. The van der Waals surface area contributed by atoms with Crippen LogP contribution in [-0.4, -0.2) is 54.6 Å². The van der Waals surface area contributed by atoms with E-state index in [4.69, 9.17) is 4.42 Å². The van der Waals surface area contributed by atoms with Crippen molar-refractivity contribution in [3.05, 3.63) is 34.3 Å². The van der Waals surface area contributed by atoms with Gasteiger partial charge in [-0.2, -0.15) is 0 Å². The largest absolute Gasteiger partial charge is 0.417 e. The van der Waals surface area contributed by atoms with E-state index in [1.807, 2.05) is 12.1 Å². The van der Waals surface area contributed by atoms with Gasteiger partial charge in [0.15, 0.2) is 5.58 Å². The van der Waals surface area contributed by atoms with E-state index >= 15 is 0 Å². The average molecular weight is 275 g/mol. The van der Waals surface area contributed by atoms with E-state index in [9.17, 15) is 4.79 Å². The second-order valence-corrected chi connectivity index (χ2v) is 5.59. The van der Waals surface area contributed by atoms with E-state index < -0.39 is 0 Å². The molecule has 1 aliphatic heterocycles. The lowest BCUT2D eigenvalue weighted by Crippen LogP contribution is -2.44. The van der Waals surface area contributed by atoms with E-state index in [0.717, 1.165) is 24.9 Å². The molecule has 1 N–H and O–H groups in total. The van der Waals surface area contributed by atoms with Crippen LogP contribution in [0.1, 0.15) is 12.0 Å². The number of aromatic amines is 1. The van der Waals surface area contributed by atoms with Crippen LogP contribution in [0.15, 0.2) is 27.4 Å². The highest BCUT2D eigenvalue weighted by Crippen LogP contribution is 2.14. The van der Waals surface area contributed by atoms with Crippen LogP contribution in [0.4, 0.5) is 0 Å². The predicted molar refractivity (Wildman–Crippen MR) is 79.1 cm³/mol. The smallest absolute Gasteiger partial charge is 0.408 e. The maximum absolute atomic E-state index is 11.1. The summed E-state index contributed by atoms with van der Waals surface area (Å²) in [6.07, 6.45) is 2.17. The third kappa shape index (κ3) is 3.11. The SMILES string of the molecule is CN1CCN(CCCc2ccc3[nH]c(=O)oc3c2)CC1. The summed E-state index contributed by atoms with van der Waals surface area (Å²) >= 11 is 0. The molecule has 0 saturated carbocycles. The number of nitrogens with one attached hydrogen (secondary N) is 1. The van der Waals surface area contributed by atoms with Gasteiger partial charge in [0.05, 0.1) is 5.52 Å². The number of aryl methyl sites for hydroxylation is 1. The van der Waals surface area contributed by atoms with E-state index in [0.29, 0.717) is 5.58 Å². The zero-order valence-corrected chi connectivity index (χ0v) is 11.9. The number of piperazine rings is 1. The monoisotopic (exact) mass is 275 g/mol. The number of likely N-dealkylation sites (N-methyl/N-ethyl adjacent to an activating group) is 1. The first-order chi connectivity index (χ1) is 9.70. The molecule has 2 aromatic rings. The van der Waals surface area contributed by atoms with Crippen molar-refractivity contribution >= 4 is 11.1 Å². The maximum atomic E-state index is 11.1. The summed E-state index contributed by atoms with van der Waals surface area (Å²) in [6.45, 7) is 5.81. The molecule has 0 atom stereocenters. The molecule has 1 saturated heterocycles. The molecule has 0 radical (unpaired) electrons. The summed E-state index contributed by atoms with van der Waals surface area (Å²) in [5, 5.41) is 0. The Bertz CT molecular complexity index is 623. The molecular formula is C15H21N3O2. The third-order valence-corrected chi connectivity index (χ3v) is 4.02. The Morgan fingerprint density at radius 1 is 1.25 bits per heavy atom. The van der Waals surface area contributed by atoms with Crippen LogP contribution < -0.4 is 5.76 Å². The second-order valence-electron chi connectivity index (χ2n) is 5.59. The van der Waals surface area contributed by atoms with Gasteiger partial charge in [-0.1, -0.05) is 6.07 Å². The second kappa shape index (κ2) is 5.81. The van der Waals surface area contributed by atoms with Gasteiger partial charge < -0.3 is 14.2 Å². The zero-order valence-electron chi connectivity index (χ0n) is 11.9. The van der Waals surface area contributed by atoms with Crippen molar-refractivity contribution in [2.45, 2.75) is 12.8 Å². The number of aromatic nitrogens is 1. The van der Waals surface area contributed by atoms with Crippen molar-refractivity contribution in [3.63, 3.8) is 0 Å². The molecule has 0 amide bonds. The molecule has 3 rings (SSSR count). The minimum Gasteiger partial charge on any atom is -0.408 e. The number of nitrogens with zero attached hydrogens (tertiary/aromatic N) is 2. The summed E-state index contributed by atoms with van der Waals surface area (Å²) in [6, 6.07) is 5.96. The van der Waals surface area contributed by atoms with Crippen LogP contribution in [0.3, 0.4) is 0 Å². The molecule has 5 heteroatoms. The van der Waals surface area contributed by atoms with Gasteiger partial charge in [-0.3, -0.25) is 4.98 Å². The molecule has 0 bridgehead atoms. The Labute approximate surface area is 118 Å². The van der Waals surface area contributed by atoms with Crippen LogP contribution in [-0.2, 0) is 6.42 Å². The molecule has 1 fully saturated rings. The fraction of sp³-hybridized carbons (Fsp3) is 0.533. The van der Waals surface area contributed by atoms with Crippen molar-refractivity contribution in [2.75, 3.05) is 39.8 Å². The number of rotatable bonds is 4. The topological polar surface area (TPSA) is 52.5 Å². The van der Waals surface area contributed by atoms with Crippen LogP contribution >= 0.6 is 0 Å². The molecule has 5 nitrogen and oxygen atoms in total. The number of H-pyrrole nitrogens is 1. The molecule has 0 unspecified atom stereocenters. The molecule has 1 aromatic carbocycles. The molecule has 0 spiro atoms. The van der Waals surface area contributed by atoms with Crippen LogP contribution in [0, 0.1) is 0 Å². The van der Waals surface area contributed by atoms with E-state index in [1.54, 1.807) is 0 Å². The summed E-state index contributed by atoms with van der Waals surface area (Å²) in [4.78, 5) is 18.7. The molecule has 2 heterocycles. The van der Waals surface area contributed by atoms with Gasteiger partial charge in [-0.15, -0.1) is 0 Å². The van der Waals surface area contributed by atoms with Gasteiger partial charge in [-0.25, -0.2) is 4.79 Å². The zero-order chi connectivity index (χ0) is 13.9. The number of fused-ring (bicyclic) bond motifs is 1. The quantitative estimate of drug-likeness (QED) is 0.914. The van der Waals surface area contributed by atoms with Crippen LogP contribution in [0.25, 0.3) is 11.1 Å². The Balaban J connectivity index is 1.53. The lowest BCUT2D eigenvalue weighted by molar-refractivity contribution is 0.153. The highest BCUT2D eigenvalue weighted by atomic mass is 16.4. The first kappa shape index (κ1) is 13.4. The predicted octanol–water partition coefficient (Wildman–Crippen LogP) is 1.30. The van der Waals surface area contributed by atoms with Crippen molar-refractivity contribution in [2.24, 2.45) is 0 Å². The molecule has 0 aliphatic carbocycles. The highest BCUT2D eigenvalue weighted by Gasteiger charge is 2.12. The van der Waals surface area contributed by atoms with E-state index in [2.05, 4.69) is 27.9 Å². The summed E-state index contributed by atoms with van der Waals surface area (Å²) in [7, 11) is 2.18. The molecular weight excluding hydrogens is 254 g/mol. The molecule has 1 aromatic heterocycles. The van der Waals surface area contributed by atoms with E-state index in [-0.39, 0.29) is 5.76 Å². The lowest BCUT2D eigenvalue weighted by atomic mass is 10.1. The summed E-state index contributed by atoms with van der Waals surface area (Å²) in [5.74, 6) is -0.380. The number of benzene rings is 1. The summed E-state index contributed by atoms with van der Waals surface area (Å²) in [5.41, 5.74) is 2.67. The molecule has 108 valence electrons. The van der Waals surface area contributed by atoms with Crippen molar-refractivity contribution < 1.29 is 4.42 Å². The third-order valence-electron chi connectivity index (χ3n) is 4.02. The Morgan fingerprint density at radius 3 is 2.85 bits per heavy atom. The molecule has 20 heavy (non-hydrogen) atoms. The van der Waals surface area contributed by atoms with Crippen molar-refractivity contribution in [3.8, 4) is 0 Å². The minimum absolute atomic E-state index is 0.380. The standard InChI is InChI=1S/C15H21N3O2/c1-17-7-9-18(10-8-17)6-2-3-12-4-5-13-14(11-12)20-15(19)16-13/h4-5,11H,2-3,6-10H2,1H3,(H,16,19). The van der Waals surface area contributed by atoms with E-state index in [1.165, 1.54) is 31.7 Å². The lowest BCUT2D eigenvalue weighted by Gasteiger charge is -2.32. The van der Waals surface area contributed by atoms with Gasteiger partial charge in [-0.05, 0) is 44.1 Å². The Morgan fingerprint density at radius 2 is 2.05 bits per heavy atom. The summed E-state index contributed by atoms with van der Waals surface area (Å²) < 4.78 is 5.09. The number of hydrogen-bond acceptors (Lipinski definition) is 4. The van der Waals surface area contributed by atoms with Crippen LogP contribution in [0.2, 0.25) is 0 Å². The van der Waals surface area contributed by atoms with Gasteiger partial charge >= 0.3 is 5.76 Å². The number of hydrogen-bond donors (Lipinski definition) is 1. The van der Waals surface area contributed by atoms with Gasteiger partial charge in [0.1, 0.15) is 0 Å². The number of oxazole rings is 1. The maximum Gasteiger partial charge on any atom is 0.417 e. The van der Waals surface area contributed by atoms with Crippen molar-refractivity contribution in [1.82, 2.24) is 14.8 Å². The van der Waals surface area contributed by atoms with Crippen LogP contribution in [0.5, 0.6) is 0 Å². The first-order valence-electron chi connectivity index (χ1n) is 7.23. The average Bonchev–Trinajstić information content (AvgIpc) is 2.80. The fourth-order valence-electron chi connectivity index (χ4n) is 2.72. The Hall–Kier alpha value is -1.59. The Kier molecular flexibility index (Phi) is 3.89. The first-order valence-corrected chi connectivity index (χ1v) is 7.23.